The molecule has 0 saturated carbocycles. The largest absolute Gasteiger partial charge is 0.493 e. The minimum atomic E-state index is -1.11. The highest BCUT2D eigenvalue weighted by atomic mass is 16.6. The Morgan fingerprint density at radius 1 is 1.06 bits per heavy atom. The summed E-state index contributed by atoms with van der Waals surface area (Å²) in [6, 6.07) is 9.69. The number of methoxy groups -OCH3 is 1. The second kappa shape index (κ2) is 11.7. The van der Waals surface area contributed by atoms with Crippen molar-refractivity contribution in [3.8, 4) is 17.2 Å². The monoisotopic (exact) mass is 471 g/mol. The van der Waals surface area contributed by atoms with Gasteiger partial charge < -0.3 is 24.1 Å². The molecule has 9 heteroatoms. The molecular formula is C25H29NO8. The number of ketones is 1. The lowest BCUT2D eigenvalue weighted by Crippen LogP contribution is -2.27. The standard InChI is InChI=1S/C25H29NO8/c1-6-32-23-17(8-7-9-18(23)26-24(30)34-25(2,3)4)19(27)12-10-16-11-13-20(21(14-16)31-5)33-15-22(28)29/h7-14H,6,15H2,1-5H3,(H,26,30)(H,28,29). The first-order chi connectivity index (χ1) is 16.0. The van der Waals surface area contributed by atoms with E-state index in [1.165, 1.54) is 13.2 Å². The van der Waals surface area contributed by atoms with Crippen molar-refractivity contribution in [3.05, 3.63) is 53.6 Å². The zero-order valence-electron chi connectivity index (χ0n) is 19.8. The van der Waals surface area contributed by atoms with Gasteiger partial charge in [0.2, 0.25) is 0 Å². The molecule has 0 aliphatic carbocycles. The fourth-order valence-electron chi connectivity index (χ4n) is 2.85. The lowest BCUT2D eigenvalue weighted by atomic mass is 10.1. The lowest BCUT2D eigenvalue weighted by Gasteiger charge is -2.21. The molecule has 9 nitrogen and oxygen atoms in total. The number of aliphatic carboxylic acids is 1. The molecule has 2 N–H and O–H groups in total. The average molecular weight is 472 g/mol. The number of carboxylic acid groups (broad SMARTS) is 1. The molecule has 0 bridgehead atoms. The number of ether oxygens (including phenoxy) is 4. The number of benzene rings is 2. The molecule has 0 saturated heterocycles. The Hall–Kier alpha value is -4.01. The predicted octanol–water partition coefficient (Wildman–Crippen LogP) is 4.80. The summed E-state index contributed by atoms with van der Waals surface area (Å²) in [7, 11) is 1.43. The molecule has 1 amide bonds. The number of carbonyl (C=O) groups is 3. The van der Waals surface area contributed by atoms with Crippen molar-refractivity contribution in [3.63, 3.8) is 0 Å². The van der Waals surface area contributed by atoms with Gasteiger partial charge in [-0.3, -0.25) is 10.1 Å². The van der Waals surface area contributed by atoms with Gasteiger partial charge in [-0.2, -0.15) is 0 Å². The molecule has 0 atom stereocenters. The highest BCUT2D eigenvalue weighted by Gasteiger charge is 2.20. The number of allylic oxidation sites excluding steroid dienone is 1. The Balaban J connectivity index is 2.26. The molecule has 34 heavy (non-hydrogen) atoms. The first kappa shape index (κ1) is 26.2. The average Bonchev–Trinajstić information content (AvgIpc) is 2.76. The summed E-state index contributed by atoms with van der Waals surface area (Å²) < 4.78 is 21.4. The van der Waals surface area contributed by atoms with Crippen molar-refractivity contribution in [2.45, 2.75) is 33.3 Å². The van der Waals surface area contributed by atoms with Crippen LogP contribution in [0.4, 0.5) is 10.5 Å². The van der Waals surface area contributed by atoms with Gasteiger partial charge in [0.15, 0.2) is 29.6 Å². The van der Waals surface area contributed by atoms with Crippen molar-refractivity contribution in [2.24, 2.45) is 0 Å². The summed E-state index contributed by atoms with van der Waals surface area (Å²) in [5, 5.41) is 11.4. The maximum atomic E-state index is 12.9. The Labute approximate surface area is 198 Å². The van der Waals surface area contributed by atoms with Crippen LogP contribution in [0.2, 0.25) is 0 Å². The van der Waals surface area contributed by atoms with E-state index >= 15 is 0 Å². The summed E-state index contributed by atoms with van der Waals surface area (Å²) in [4.78, 5) is 35.9. The zero-order chi connectivity index (χ0) is 25.3. The first-order valence-corrected chi connectivity index (χ1v) is 10.5. The Kier molecular flexibility index (Phi) is 9.06. The summed E-state index contributed by atoms with van der Waals surface area (Å²) >= 11 is 0. The summed E-state index contributed by atoms with van der Waals surface area (Å²) in [5.41, 5.74) is 0.534. The molecule has 0 aliphatic heterocycles. The number of nitrogens with one attached hydrogen (secondary N) is 1. The van der Waals surface area contributed by atoms with E-state index in [9.17, 15) is 14.4 Å². The molecule has 0 aliphatic rings. The van der Waals surface area contributed by atoms with Crippen LogP contribution in [0.1, 0.15) is 43.6 Å². The van der Waals surface area contributed by atoms with Gasteiger partial charge in [0.25, 0.3) is 0 Å². The third kappa shape index (κ3) is 7.84. The zero-order valence-corrected chi connectivity index (χ0v) is 19.8. The van der Waals surface area contributed by atoms with Crippen LogP contribution in [0.5, 0.6) is 17.2 Å². The third-order valence-electron chi connectivity index (χ3n) is 4.17. The van der Waals surface area contributed by atoms with Gasteiger partial charge in [0, 0.05) is 0 Å². The van der Waals surface area contributed by atoms with Crippen LogP contribution in [0.3, 0.4) is 0 Å². The van der Waals surface area contributed by atoms with Gasteiger partial charge in [-0.05, 0) is 63.6 Å². The van der Waals surface area contributed by atoms with Gasteiger partial charge in [-0.1, -0.05) is 18.2 Å². The molecule has 0 spiro atoms. The number of para-hydroxylation sites is 1. The van der Waals surface area contributed by atoms with Crippen LogP contribution in [-0.4, -0.2) is 48.9 Å². The molecule has 0 aromatic heterocycles. The number of anilines is 1. The second-order valence-electron chi connectivity index (χ2n) is 8.03. The van der Waals surface area contributed by atoms with E-state index in [4.69, 9.17) is 24.1 Å². The van der Waals surface area contributed by atoms with Gasteiger partial charge >= 0.3 is 12.1 Å². The predicted molar refractivity (Wildman–Crippen MR) is 127 cm³/mol. The van der Waals surface area contributed by atoms with Crippen molar-refractivity contribution < 1.29 is 38.4 Å². The molecule has 182 valence electrons. The molecule has 0 heterocycles. The van der Waals surface area contributed by atoms with E-state index in [1.54, 1.807) is 70.2 Å². The summed E-state index contributed by atoms with van der Waals surface area (Å²) in [6.45, 7) is 6.81. The minimum Gasteiger partial charge on any atom is -0.493 e. The minimum absolute atomic E-state index is 0.237. The Morgan fingerprint density at radius 2 is 1.79 bits per heavy atom. The molecule has 0 fully saturated rings. The van der Waals surface area contributed by atoms with Crippen molar-refractivity contribution in [1.82, 2.24) is 0 Å². The van der Waals surface area contributed by atoms with Crippen molar-refractivity contribution in [1.29, 1.82) is 0 Å². The van der Waals surface area contributed by atoms with Crippen LogP contribution in [-0.2, 0) is 9.53 Å². The van der Waals surface area contributed by atoms with Gasteiger partial charge in [0.05, 0.1) is 25.0 Å². The van der Waals surface area contributed by atoms with Gasteiger partial charge in [0.1, 0.15) is 5.60 Å². The topological polar surface area (TPSA) is 120 Å². The molecule has 0 radical (unpaired) electrons. The molecule has 0 unspecified atom stereocenters. The van der Waals surface area contributed by atoms with Crippen LogP contribution in [0.15, 0.2) is 42.5 Å². The van der Waals surface area contributed by atoms with Gasteiger partial charge in [-0.15, -0.1) is 0 Å². The lowest BCUT2D eigenvalue weighted by molar-refractivity contribution is -0.139. The summed E-state index contributed by atoms with van der Waals surface area (Å²) in [6.07, 6.45) is 2.28. The van der Waals surface area contributed by atoms with Gasteiger partial charge in [-0.25, -0.2) is 9.59 Å². The molecular weight excluding hydrogens is 442 g/mol. The number of rotatable bonds is 10. The number of hydrogen-bond donors (Lipinski definition) is 2. The van der Waals surface area contributed by atoms with E-state index in [-0.39, 0.29) is 29.5 Å². The van der Waals surface area contributed by atoms with Crippen LogP contribution in [0.25, 0.3) is 6.08 Å². The molecule has 2 rings (SSSR count). The van der Waals surface area contributed by atoms with E-state index in [1.807, 2.05) is 0 Å². The summed E-state index contributed by atoms with van der Waals surface area (Å²) in [5.74, 6) is -0.616. The molecule has 2 aromatic rings. The van der Waals surface area contributed by atoms with E-state index in [0.717, 1.165) is 0 Å². The van der Waals surface area contributed by atoms with E-state index < -0.39 is 24.3 Å². The number of carboxylic acids is 1. The maximum Gasteiger partial charge on any atom is 0.412 e. The fraction of sp³-hybridized carbons (Fsp3) is 0.320. The Morgan fingerprint density at radius 3 is 2.41 bits per heavy atom. The number of amides is 1. The van der Waals surface area contributed by atoms with E-state index in [0.29, 0.717) is 17.0 Å². The van der Waals surface area contributed by atoms with Crippen LogP contribution < -0.4 is 19.5 Å². The normalized spacial score (nSPS) is 11.1. The SMILES string of the molecule is CCOc1c(NC(=O)OC(C)(C)C)cccc1C(=O)C=Cc1ccc(OCC(=O)O)c(OC)c1. The highest BCUT2D eigenvalue weighted by molar-refractivity contribution is 6.10. The highest BCUT2D eigenvalue weighted by Crippen LogP contribution is 2.31. The molecule has 2 aromatic carbocycles. The van der Waals surface area contributed by atoms with Crippen LogP contribution in [0, 0.1) is 0 Å². The van der Waals surface area contributed by atoms with Crippen LogP contribution >= 0.6 is 0 Å². The van der Waals surface area contributed by atoms with E-state index in [2.05, 4.69) is 5.32 Å². The first-order valence-electron chi connectivity index (χ1n) is 10.5. The van der Waals surface area contributed by atoms with Crippen molar-refractivity contribution in [2.75, 3.05) is 25.6 Å². The second-order valence-corrected chi connectivity index (χ2v) is 8.03. The quantitative estimate of drug-likeness (QED) is 0.374. The Bertz CT molecular complexity index is 1070. The fourth-order valence-corrected chi connectivity index (χ4v) is 2.85. The van der Waals surface area contributed by atoms with Crippen molar-refractivity contribution >= 4 is 29.6 Å². The maximum absolute atomic E-state index is 12.9. The number of hydrogen-bond acceptors (Lipinski definition) is 7. The smallest absolute Gasteiger partial charge is 0.412 e. The third-order valence-corrected chi connectivity index (χ3v) is 4.17. The number of carbonyl (C=O) groups excluding carboxylic acids is 2.